The molecule has 0 aliphatic rings. The largest absolute Gasteiger partial charge is 0.271 e. The zero-order chi connectivity index (χ0) is 14.5. The van der Waals surface area contributed by atoms with Gasteiger partial charge in [0.05, 0.1) is 6.04 Å². The summed E-state index contributed by atoms with van der Waals surface area (Å²) in [4.78, 5) is 8.52. The van der Waals surface area contributed by atoms with Gasteiger partial charge in [0.25, 0.3) is 0 Å². The number of nitrogens with two attached hydrogens (primary N) is 1. The van der Waals surface area contributed by atoms with Gasteiger partial charge in [-0.1, -0.05) is 13.8 Å². The maximum Gasteiger partial charge on any atom is 0.138 e. The van der Waals surface area contributed by atoms with E-state index in [1.54, 1.807) is 12.5 Å². The Hall–Kier alpha value is -1.79. The topological polar surface area (TPSA) is 81.7 Å². The predicted molar refractivity (Wildman–Crippen MR) is 77.6 cm³/mol. The van der Waals surface area contributed by atoms with Gasteiger partial charge in [0, 0.05) is 25.4 Å². The van der Waals surface area contributed by atoms with Crippen LogP contribution in [0.1, 0.15) is 36.8 Å². The quantitative estimate of drug-likeness (QED) is 0.614. The summed E-state index contributed by atoms with van der Waals surface area (Å²) < 4.78 is 1.95. The summed E-state index contributed by atoms with van der Waals surface area (Å²) in [5.74, 6) is 7.17. The number of hydrogen-bond donors (Lipinski definition) is 2. The van der Waals surface area contributed by atoms with E-state index < -0.39 is 0 Å². The first-order chi connectivity index (χ1) is 9.61. The first-order valence-electron chi connectivity index (χ1n) is 6.85. The number of hydrazine groups is 1. The molecule has 0 aromatic carbocycles. The zero-order valence-electron chi connectivity index (χ0n) is 12.2. The van der Waals surface area contributed by atoms with E-state index in [2.05, 4.69) is 41.3 Å². The molecule has 2 rings (SSSR count). The number of nitrogens with zero attached hydrogens (tertiary/aromatic N) is 4. The van der Waals surface area contributed by atoms with Crippen LogP contribution in [0.2, 0.25) is 0 Å². The van der Waals surface area contributed by atoms with E-state index in [0.717, 1.165) is 23.5 Å². The second kappa shape index (κ2) is 6.58. The van der Waals surface area contributed by atoms with E-state index >= 15 is 0 Å². The molecule has 6 nitrogen and oxygen atoms in total. The van der Waals surface area contributed by atoms with Gasteiger partial charge >= 0.3 is 0 Å². The highest BCUT2D eigenvalue weighted by Crippen LogP contribution is 2.19. The van der Waals surface area contributed by atoms with Gasteiger partial charge in [0.2, 0.25) is 0 Å². The van der Waals surface area contributed by atoms with Crippen LogP contribution in [0, 0.1) is 12.8 Å². The van der Waals surface area contributed by atoms with Crippen LogP contribution >= 0.6 is 0 Å². The van der Waals surface area contributed by atoms with Crippen molar-refractivity contribution in [2.75, 3.05) is 0 Å². The molecule has 108 valence electrons. The minimum absolute atomic E-state index is 0.0150. The van der Waals surface area contributed by atoms with Crippen LogP contribution in [0.25, 0.3) is 0 Å². The highest BCUT2D eigenvalue weighted by atomic mass is 15.3. The standard InChI is InChI=1S/C14H22N6/c1-10(2)8-20-14(17-9-18-20)6-13(19-15)12-7-16-5-4-11(12)3/h4-5,7,9-10,13,19H,6,8,15H2,1-3H3. The highest BCUT2D eigenvalue weighted by molar-refractivity contribution is 5.25. The monoisotopic (exact) mass is 274 g/mol. The normalized spacial score (nSPS) is 12.8. The lowest BCUT2D eigenvalue weighted by molar-refractivity contribution is 0.446. The molecule has 2 aromatic rings. The maximum absolute atomic E-state index is 5.71. The van der Waals surface area contributed by atoms with Gasteiger partial charge < -0.3 is 0 Å². The summed E-state index contributed by atoms with van der Waals surface area (Å²) in [5, 5.41) is 4.28. The lowest BCUT2D eigenvalue weighted by atomic mass is 10.0. The third-order valence-corrected chi connectivity index (χ3v) is 3.28. The molecule has 0 spiro atoms. The second-order valence-corrected chi connectivity index (χ2v) is 5.41. The summed E-state index contributed by atoms with van der Waals surface area (Å²) in [6, 6.07) is 1.97. The Morgan fingerprint density at radius 3 is 2.85 bits per heavy atom. The van der Waals surface area contributed by atoms with Crippen LogP contribution < -0.4 is 11.3 Å². The van der Waals surface area contributed by atoms with Crippen molar-refractivity contribution >= 4 is 0 Å². The molecule has 2 heterocycles. The fraction of sp³-hybridized carbons (Fsp3) is 0.500. The van der Waals surface area contributed by atoms with E-state index in [1.165, 1.54) is 0 Å². The molecule has 0 aliphatic heterocycles. The van der Waals surface area contributed by atoms with E-state index in [4.69, 9.17) is 5.84 Å². The van der Waals surface area contributed by atoms with Crippen LogP contribution in [0.4, 0.5) is 0 Å². The Morgan fingerprint density at radius 2 is 2.20 bits per heavy atom. The van der Waals surface area contributed by atoms with Gasteiger partial charge in [-0.25, -0.2) is 9.67 Å². The Bertz CT molecular complexity index is 548. The average Bonchev–Trinajstić information content (AvgIpc) is 2.83. The number of rotatable bonds is 6. The first-order valence-corrected chi connectivity index (χ1v) is 6.85. The molecule has 0 bridgehead atoms. The van der Waals surface area contributed by atoms with Crippen molar-refractivity contribution in [1.29, 1.82) is 0 Å². The fourth-order valence-electron chi connectivity index (χ4n) is 2.23. The summed E-state index contributed by atoms with van der Waals surface area (Å²) in [6.45, 7) is 7.24. The van der Waals surface area contributed by atoms with E-state index in [-0.39, 0.29) is 6.04 Å². The molecule has 6 heteroatoms. The molecule has 0 amide bonds. The predicted octanol–water partition coefficient (Wildman–Crippen LogP) is 1.38. The smallest absolute Gasteiger partial charge is 0.138 e. The van der Waals surface area contributed by atoms with Gasteiger partial charge in [-0.05, 0) is 30.0 Å². The Balaban J connectivity index is 2.19. The molecule has 1 unspecified atom stereocenters. The molecule has 2 aromatic heterocycles. The molecule has 0 saturated heterocycles. The van der Waals surface area contributed by atoms with E-state index in [9.17, 15) is 0 Å². The van der Waals surface area contributed by atoms with Crippen LogP contribution in [-0.2, 0) is 13.0 Å². The molecule has 0 fully saturated rings. The third-order valence-electron chi connectivity index (χ3n) is 3.28. The first kappa shape index (κ1) is 14.6. The average molecular weight is 274 g/mol. The van der Waals surface area contributed by atoms with Crippen LogP contribution in [0.15, 0.2) is 24.8 Å². The van der Waals surface area contributed by atoms with Crippen molar-refractivity contribution in [1.82, 2.24) is 25.2 Å². The van der Waals surface area contributed by atoms with E-state index in [0.29, 0.717) is 12.3 Å². The molecule has 1 atom stereocenters. The SMILES string of the molecule is Cc1ccncc1C(Cc1ncnn1CC(C)C)NN. The number of pyridine rings is 1. The van der Waals surface area contributed by atoms with Crippen LogP contribution in [0.3, 0.4) is 0 Å². The van der Waals surface area contributed by atoms with Crippen molar-refractivity contribution in [3.8, 4) is 0 Å². The molecule has 0 radical (unpaired) electrons. The van der Waals surface area contributed by atoms with Crippen molar-refractivity contribution in [2.45, 2.75) is 39.8 Å². The Kier molecular flexibility index (Phi) is 4.81. The van der Waals surface area contributed by atoms with Crippen molar-refractivity contribution in [3.05, 3.63) is 41.7 Å². The second-order valence-electron chi connectivity index (χ2n) is 5.41. The van der Waals surface area contributed by atoms with Crippen molar-refractivity contribution < 1.29 is 0 Å². The summed E-state index contributed by atoms with van der Waals surface area (Å²) in [7, 11) is 0. The Morgan fingerprint density at radius 1 is 1.40 bits per heavy atom. The molecule has 3 N–H and O–H groups in total. The minimum atomic E-state index is -0.0150. The lowest BCUT2D eigenvalue weighted by Gasteiger charge is -2.18. The van der Waals surface area contributed by atoms with Gasteiger partial charge in [-0.2, -0.15) is 5.10 Å². The maximum atomic E-state index is 5.71. The molecular formula is C14H22N6. The van der Waals surface area contributed by atoms with Crippen molar-refractivity contribution in [2.24, 2.45) is 11.8 Å². The number of nitrogens with one attached hydrogen (secondary N) is 1. The number of aryl methyl sites for hydroxylation is 1. The van der Waals surface area contributed by atoms with Gasteiger partial charge in [0.15, 0.2) is 0 Å². The number of hydrogen-bond acceptors (Lipinski definition) is 5. The zero-order valence-corrected chi connectivity index (χ0v) is 12.2. The molecule has 20 heavy (non-hydrogen) atoms. The third kappa shape index (κ3) is 3.40. The molecule has 0 saturated carbocycles. The van der Waals surface area contributed by atoms with Crippen molar-refractivity contribution in [3.63, 3.8) is 0 Å². The minimum Gasteiger partial charge on any atom is -0.271 e. The lowest BCUT2D eigenvalue weighted by Crippen LogP contribution is -2.31. The van der Waals surface area contributed by atoms with Gasteiger partial charge in [0.1, 0.15) is 12.2 Å². The molecular weight excluding hydrogens is 252 g/mol. The summed E-state index contributed by atoms with van der Waals surface area (Å²) in [5.41, 5.74) is 5.11. The highest BCUT2D eigenvalue weighted by Gasteiger charge is 2.17. The molecule has 0 aliphatic carbocycles. The summed E-state index contributed by atoms with van der Waals surface area (Å²) >= 11 is 0. The summed E-state index contributed by atoms with van der Waals surface area (Å²) in [6.07, 6.45) is 5.92. The number of aromatic nitrogens is 4. The van der Waals surface area contributed by atoms with Crippen LogP contribution in [-0.4, -0.2) is 19.7 Å². The fourth-order valence-corrected chi connectivity index (χ4v) is 2.23. The Labute approximate surface area is 119 Å². The van der Waals surface area contributed by atoms with E-state index in [1.807, 2.05) is 16.9 Å². The van der Waals surface area contributed by atoms with Gasteiger partial charge in [-0.15, -0.1) is 0 Å². The van der Waals surface area contributed by atoms with Crippen LogP contribution in [0.5, 0.6) is 0 Å². The van der Waals surface area contributed by atoms with Gasteiger partial charge in [-0.3, -0.25) is 16.3 Å².